The first-order valence-electron chi connectivity index (χ1n) is 2.87. The van der Waals surface area contributed by atoms with E-state index in [4.69, 9.17) is 5.26 Å². The average molecular weight is 230 g/mol. The summed E-state index contributed by atoms with van der Waals surface area (Å²) >= 11 is 4.49. The van der Waals surface area contributed by atoms with Crippen LogP contribution in [0.5, 0.6) is 0 Å². The van der Waals surface area contributed by atoms with E-state index in [-0.39, 0.29) is 4.83 Å². The Morgan fingerprint density at radius 1 is 1.73 bits per heavy atom. The lowest BCUT2D eigenvalue weighted by atomic mass is 10.4. The third-order valence-electron chi connectivity index (χ3n) is 1.13. The van der Waals surface area contributed by atoms with E-state index in [2.05, 4.69) is 15.9 Å². The van der Waals surface area contributed by atoms with Crippen LogP contribution >= 0.6 is 27.3 Å². The van der Waals surface area contributed by atoms with Gasteiger partial charge in [0.25, 0.3) is 0 Å². The lowest BCUT2D eigenvalue weighted by molar-refractivity contribution is -0.107. The fraction of sp³-hybridized carbons (Fsp3) is 0.143. The van der Waals surface area contributed by atoms with Crippen molar-refractivity contribution in [3.8, 4) is 6.07 Å². The van der Waals surface area contributed by atoms with E-state index in [9.17, 15) is 4.79 Å². The zero-order chi connectivity index (χ0) is 8.27. The summed E-state index contributed by atoms with van der Waals surface area (Å²) < 4.78 is 0. The first-order valence-corrected chi connectivity index (χ1v) is 4.60. The largest absolute Gasteiger partial charge is 0.302 e. The number of nitrogens with zero attached hydrogens (tertiary/aromatic N) is 1. The van der Waals surface area contributed by atoms with Crippen molar-refractivity contribution in [3.05, 3.63) is 21.9 Å². The number of rotatable bonds is 2. The van der Waals surface area contributed by atoms with E-state index >= 15 is 0 Å². The molecule has 0 aliphatic carbocycles. The van der Waals surface area contributed by atoms with Gasteiger partial charge in [0.05, 0.1) is 0 Å². The zero-order valence-electron chi connectivity index (χ0n) is 5.45. The molecule has 0 amide bonds. The monoisotopic (exact) mass is 229 g/mol. The van der Waals surface area contributed by atoms with Gasteiger partial charge in [-0.25, -0.2) is 0 Å². The van der Waals surface area contributed by atoms with E-state index in [1.807, 2.05) is 6.07 Å². The van der Waals surface area contributed by atoms with Crippen LogP contribution in [0.15, 0.2) is 12.1 Å². The molecular weight excluding hydrogens is 226 g/mol. The van der Waals surface area contributed by atoms with Gasteiger partial charge in [-0.3, -0.25) is 0 Å². The van der Waals surface area contributed by atoms with Crippen molar-refractivity contribution in [1.29, 1.82) is 5.26 Å². The van der Waals surface area contributed by atoms with Crippen molar-refractivity contribution in [2.45, 2.75) is 4.83 Å². The molecule has 2 nitrogen and oxygen atoms in total. The van der Waals surface area contributed by atoms with Crippen LogP contribution in [0, 0.1) is 11.3 Å². The number of alkyl halides is 1. The van der Waals surface area contributed by atoms with E-state index in [0.29, 0.717) is 4.88 Å². The van der Waals surface area contributed by atoms with Gasteiger partial charge >= 0.3 is 0 Å². The second-order valence-corrected chi connectivity index (χ2v) is 3.95. The maximum absolute atomic E-state index is 10.3. The first kappa shape index (κ1) is 8.44. The Labute approximate surface area is 76.6 Å². The van der Waals surface area contributed by atoms with Crippen LogP contribution < -0.4 is 0 Å². The highest BCUT2D eigenvalue weighted by Crippen LogP contribution is 2.27. The van der Waals surface area contributed by atoms with Crippen molar-refractivity contribution >= 4 is 33.6 Å². The molecule has 0 spiro atoms. The minimum Gasteiger partial charge on any atom is -0.302 e. The van der Waals surface area contributed by atoms with Gasteiger partial charge in [-0.2, -0.15) is 5.26 Å². The Morgan fingerprint density at radius 3 is 2.91 bits per heavy atom. The normalized spacial score (nSPS) is 12.0. The van der Waals surface area contributed by atoms with Gasteiger partial charge < -0.3 is 4.79 Å². The molecule has 0 aliphatic heterocycles. The van der Waals surface area contributed by atoms with Crippen LogP contribution in [0.25, 0.3) is 0 Å². The second kappa shape index (κ2) is 3.65. The summed E-state index contributed by atoms with van der Waals surface area (Å²) in [7, 11) is 0. The number of halogens is 1. The molecular formula is C7H4BrNOS. The Balaban J connectivity index is 2.90. The Hall–Kier alpha value is -0.660. The molecule has 11 heavy (non-hydrogen) atoms. The van der Waals surface area contributed by atoms with Crippen LogP contribution in [0.2, 0.25) is 0 Å². The van der Waals surface area contributed by atoms with Crippen molar-refractivity contribution in [2.75, 3.05) is 0 Å². The summed E-state index contributed by atoms with van der Waals surface area (Å²) in [5.74, 6) is 0. The zero-order valence-corrected chi connectivity index (χ0v) is 7.85. The smallest absolute Gasteiger partial charge is 0.138 e. The molecule has 0 saturated carbocycles. The van der Waals surface area contributed by atoms with Gasteiger partial charge in [-0.1, -0.05) is 15.9 Å². The number of nitriles is 1. The van der Waals surface area contributed by atoms with Gasteiger partial charge in [0, 0.05) is 4.88 Å². The third kappa shape index (κ3) is 1.88. The standard InChI is InChI=1S/C7H4BrNOS/c8-6(4-10)7-2-1-5(3-9)11-7/h1-2,4,6H. The number of carbonyl (C=O) groups excluding carboxylic acids is 1. The summed E-state index contributed by atoms with van der Waals surface area (Å²) in [6, 6.07) is 5.49. The Morgan fingerprint density at radius 2 is 2.45 bits per heavy atom. The number of carbonyl (C=O) groups is 1. The number of thiophene rings is 1. The fourth-order valence-electron chi connectivity index (χ4n) is 0.628. The lowest BCUT2D eigenvalue weighted by Gasteiger charge is -1.92. The van der Waals surface area contributed by atoms with Gasteiger partial charge in [0.2, 0.25) is 0 Å². The molecule has 1 aromatic heterocycles. The Bertz CT molecular complexity index is 302. The van der Waals surface area contributed by atoms with Crippen LogP contribution in [0.3, 0.4) is 0 Å². The van der Waals surface area contributed by atoms with Gasteiger partial charge in [-0.15, -0.1) is 11.3 Å². The maximum atomic E-state index is 10.3. The Kier molecular flexibility index (Phi) is 2.80. The lowest BCUT2D eigenvalue weighted by Crippen LogP contribution is -1.83. The molecule has 1 atom stereocenters. The molecule has 0 saturated heterocycles. The topological polar surface area (TPSA) is 40.9 Å². The summed E-state index contributed by atoms with van der Waals surface area (Å²) in [4.78, 5) is 11.5. The SMILES string of the molecule is N#Cc1ccc(C(Br)C=O)s1. The van der Waals surface area contributed by atoms with Crippen LogP contribution in [0.1, 0.15) is 14.6 Å². The van der Waals surface area contributed by atoms with Crippen LogP contribution in [-0.2, 0) is 4.79 Å². The molecule has 0 fully saturated rings. The molecule has 1 heterocycles. The summed E-state index contributed by atoms with van der Waals surface area (Å²) in [5, 5.41) is 8.46. The molecule has 0 aromatic carbocycles. The van der Waals surface area contributed by atoms with Crippen molar-refractivity contribution < 1.29 is 4.79 Å². The van der Waals surface area contributed by atoms with Crippen molar-refractivity contribution in [1.82, 2.24) is 0 Å². The molecule has 0 aliphatic rings. The summed E-state index contributed by atoms with van der Waals surface area (Å²) in [5.41, 5.74) is 0. The highest BCUT2D eigenvalue weighted by Gasteiger charge is 2.07. The van der Waals surface area contributed by atoms with E-state index < -0.39 is 0 Å². The maximum Gasteiger partial charge on any atom is 0.138 e. The van der Waals surface area contributed by atoms with Crippen molar-refractivity contribution in [2.24, 2.45) is 0 Å². The molecule has 1 rings (SSSR count). The van der Waals surface area contributed by atoms with Gasteiger partial charge in [0.15, 0.2) is 0 Å². The van der Waals surface area contributed by atoms with Gasteiger partial charge in [-0.05, 0) is 12.1 Å². The number of hydrogen-bond donors (Lipinski definition) is 0. The summed E-state index contributed by atoms with van der Waals surface area (Å²) in [6.45, 7) is 0. The van der Waals surface area contributed by atoms with Gasteiger partial charge in [0.1, 0.15) is 22.1 Å². The summed E-state index contributed by atoms with van der Waals surface area (Å²) in [6.07, 6.45) is 0.799. The fourth-order valence-corrected chi connectivity index (χ4v) is 1.80. The molecule has 0 radical (unpaired) electrons. The second-order valence-electron chi connectivity index (χ2n) is 1.85. The molecule has 0 N–H and O–H groups in total. The average Bonchev–Trinajstić information content (AvgIpc) is 2.50. The molecule has 1 aromatic rings. The van der Waals surface area contributed by atoms with Crippen LogP contribution in [-0.4, -0.2) is 6.29 Å². The number of hydrogen-bond acceptors (Lipinski definition) is 3. The van der Waals surface area contributed by atoms with E-state index in [0.717, 1.165) is 11.2 Å². The minimum atomic E-state index is -0.269. The highest BCUT2D eigenvalue weighted by molar-refractivity contribution is 9.09. The van der Waals surface area contributed by atoms with E-state index in [1.54, 1.807) is 12.1 Å². The van der Waals surface area contributed by atoms with Crippen molar-refractivity contribution in [3.63, 3.8) is 0 Å². The predicted molar refractivity (Wildman–Crippen MR) is 46.8 cm³/mol. The third-order valence-corrected chi connectivity index (χ3v) is 3.21. The number of aldehydes is 1. The van der Waals surface area contributed by atoms with E-state index in [1.165, 1.54) is 11.3 Å². The molecule has 1 unspecified atom stereocenters. The molecule has 4 heteroatoms. The first-order chi connectivity index (χ1) is 5.27. The molecule has 56 valence electrons. The highest BCUT2D eigenvalue weighted by atomic mass is 79.9. The van der Waals surface area contributed by atoms with Crippen LogP contribution in [0.4, 0.5) is 0 Å². The molecule has 0 bridgehead atoms. The quantitative estimate of drug-likeness (QED) is 0.577. The minimum absolute atomic E-state index is 0.269. The predicted octanol–water partition coefficient (Wildman–Crippen LogP) is 2.25.